The van der Waals surface area contributed by atoms with Crippen molar-refractivity contribution in [3.8, 4) is 0 Å². The van der Waals surface area contributed by atoms with Gasteiger partial charge in [0.1, 0.15) is 0 Å². The summed E-state index contributed by atoms with van der Waals surface area (Å²) < 4.78 is 40.9. The molecule has 3 nitrogen and oxygen atoms in total. The molecule has 1 atom stereocenters. The summed E-state index contributed by atoms with van der Waals surface area (Å²) >= 11 is 0. The fraction of sp³-hybridized carbons (Fsp3) is 0.500. The van der Waals surface area contributed by atoms with Gasteiger partial charge in [0.25, 0.3) is 0 Å². The SMILES string of the molecule is Cc1cn(C(C)N)cn1.F[B-](F)(F)F. The van der Waals surface area contributed by atoms with Crippen molar-refractivity contribution in [2.45, 2.75) is 20.0 Å². The average molecular weight is 212 g/mol. The normalized spacial score (nSPS) is 13.1. The fourth-order valence-electron chi connectivity index (χ4n) is 0.663. The first-order chi connectivity index (χ1) is 6.20. The smallest absolute Gasteiger partial charge is 0.418 e. The van der Waals surface area contributed by atoms with E-state index in [1.165, 1.54) is 0 Å². The van der Waals surface area contributed by atoms with Crippen molar-refractivity contribution in [2.24, 2.45) is 5.73 Å². The van der Waals surface area contributed by atoms with Crippen LogP contribution in [0.1, 0.15) is 18.8 Å². The first-order valence-electron chi connectivity index (χ1n) is 3.83. The Morgan fingerprint density at radius 2 is 1.86 bits per heavy atom. The van der Waals surface area contributed by atoms with Crippen LogP contribution >= 0.6 is 0 Å². The molecule has 0 aliphatic carbocycles. The van der Waals surface area contributed by atoms with Crippen LogP contribution in [0.2, 0.25) is 0 Å². The average Bonchev–Trinajstić information content (AvgIpc) is 2.31. The summed E-state index contributed by atoms with van der Waals surface area (Å²) in [5, 5.41) is 0. The third kappa shape index (κ3) is 7.60. The second-order valence-corrected chi connectivity index (χ2v) is 2.70. The molecule has 1 unspecified atom stereocenters. The van der Waals surface area contributed by atoms with Crippen LogP contribution in [-0.4, -0.2) is 16.8 Å². The van der Waals surface area contributed by atoms with E-state index in [4.69, 9.17) is 5.73 Å². The Balaban J connectivity index is 0.000000292. The highest BCUT2D eigenvalue weighted by Gasteiger charge is 2.20. The van der Waals surface area contributed by atoms with Crippen LogP contribution in [0.15, 0.2) is 12.5 Å². The second-order valence-electron chi connectivity index (χ2n) is 2.70. The van der Waals surface area contributed by atoms with Gasteiger partial charge < -0.3 is 27.6 Å². The van der Waals surface area contributed by atoms with E-state index in [1.807, 2.05) is 24.6 Å². The van der Waals surface area contributed by atoms with Crippen LogP contribution in [-0.2, 0) is 0 Å². The molecule has 0 amide bonds. The fourth-order valence-corrected chi connectivity index (χ4v) is 0.663. The van der Waals surface area contributed by atoms with E-state index in [0.717, 1.165) is 5.69 Å². The first-order valence-corrected chi connectivity index (χ1v) is 3.83. The van der Waals surface area contributed by atoms with Gasteiger partial charge in [0.05, 0.1) is 18.2 Å². The highest BCUT2D eigenvalue weighted by atomic mass is 19.5. The molecule has 0 saturated heterocycles. The predicted octanol–water partition coefficient (Wildman–Crippen LogP) is 1.97. The quantitative estimate of drug-likeness (QED) is 0.571. The van der Waals surface area contributed by atoms with Crippen molar-refractivity contribution < 1.29 is 17.3 Å². The summed E-state index contributed by atoms with van der Waals surface area (Å²) in [6.07, 6.45) is 3.69. The van der Waals surface area contributed by atoms with Crippen molar-refractivity contribution >= 4 is 7.25 Å². The molecule has 0 aromatic carbocycles. The first kappa shape index (κ1) is 13.0. The van der Waals surface area contributed by atoms with E-state index in [9.17, 15) is 17.3 Å². The van der Waals surface area contributed by atoms with Gasteiger partial charge >= 0.3 is 7.25 Å². The minimum atomic E-state index is -6.00. The Hall–Kier alpha value is -1.05. The molecule has 14 heavy (non-hydrogen) atoms. The zero-order chi connectivity index (χ0) is 11.4. The zero-order valence-corrected chi connectivity index (χ0v) is 7.79. The Labute approximate surface area is 79.0 Å². The molecule has 0 spiro atoms. The lowest BCUT2D eigenvalue weighted by molar-refractivity contribution is 0.368. The number of hydrogen-bond acceptors (Lipinski definition) is 2. The summed E-state index contributed by atoms with van der Waals surface area (Å²) in [6, 6.07) is 0. The number of aryl methyl sites for hydroxylation is 1. The third-order valence-electron chi connectivity index (χ3n) is 1.20. The Kier molecular flexibility index (Phi) is 4.62. The highest BCUT2D eigenvalue weighted by molar-refractivity contribution is 6.50. The minimum Gasteiger partial charge on any atom is -0.418 e. The maximum absolute atomic E-state index is 9.75. The lowest BCUT2D eigenvalue weighted by atomic mass is 10.3. The Morgan fingerprint density at radius 1 is 1.43 bits per heavy atom. The van der Waals surface area contributed by atoms with Crippen LogP contribution in [0.5, 0.6) is 0 Å². The van der Waals surface area contributed by atoms with Gasteiger partial charge in [0, 0.05) is 6.20 Å². The summed E-state index contributed by atoms with van der Waals surface area (Å²) in [5.41, 5.74) is 6.56. The number of aromatic nitrogens is 2. The molecule has 0 fully saturated rings. The molecule has 0 aliphatic heterocycles. The monoisotopic (exact) mass is 212 g/mol. The maximum atomic E-state index is 9.75. The standard InChI is InChI=1S/C6H11N3.BF4/c1-5-3-9(4-8-5)6(2)7;2-1(3,4)5/h3-4,6H,7H2,1-2H3;/q;-1. The molecule has 1 rings (SSSR count). The molecule has 2 N–H and O–H groups in total. The van der Waals surface area contributed by atoms with Gasteiger partial charge in [0.2, 0.25) is 0 Å². The summed E-state index contributed by atoms with van der Waals surface area (Å²) in [5.74, 6) is 0. The highest BCUT2D eigenvalue weighted by Crippen LogP contribution is 2.06. The number of rotatable bonds is 1. The van der Waals surface area contributed by atoms with Gasteiger partial charge in [-0.1, -0.05) is 0 Å². The number of nitrogens with two attached hydrogens (primary N) is 1. The third-order valence-corrected chi connectivity index (χ3v) is 1.20. The van der Waals surface area contributed by atoms with Gasteiger partial charge in [-0.05, 0) is 13.8 Å². The van der Waals surface area contributed by atoms with E-state index >= 15 is 0 Å². The molecular weight excluding hydrogens is 201 g/mol. The molecule has 0 saturated carbocycles. The molecular formula is C6H11BF4N3-. The number of halogens is 4. The van der Waals surface area contributed by atoms with Crippen molar-refractivity contribution in [3.63, 3.8) is 0 Å². The van der Waals surface area contributed by atoms with E-state index in [2.05, 4.69) is 4.98 Å². The van der Waals surface area contributed by atoms with Crippen LogP contribution in [0.4, 0.5) is 17.3 Å². The summed E-state index contributed by atoms with van der Waals surface area (Å²) in [7, 11) is -6.00. The molecule has 1 heterocycles. The number of imidazole rings is 1. The van der Waals surface area contributed by atoms with Gasteiger partial charge in [-0.15, -0.1) is 0 Å². The molecule has 0 radical (unpaired) electrons. The number of nitrogens with zero attached hydrogens (tertiary/aromatic N) is 2. The van der Waals surface area contributed by atoms with Gasteiger partial charge in [-0.2, -0.15) is 0 Å². The van der Waals surface area contributed by atoms with Crippen molar-refractivity contribution in [2.75, 3.05) is 0 Å². The lowest BCUT2D eigenvalue weighted by Crippen LogP contribution is -2.12. The van der Waals surface area contributed by atoms with Crippen LogP contribution < -0.4 is 5.73 Å². The second kappa shape index (κ2) is 4.99. The minimum absolute atomic E-state index is 0.0335. The van der Waals surface area contributed by atoms with Crippen LogP contribution in [0.3, 0.4) is 0 Å². The summed E-state index contributed by atoms with van der Waals surface area (Å²) in [4.78, 5) is 4.02. The molecule has 0 aliphatic rings. The van der Waals surface area contributed by atoms with Crippen LogP contribution in [0.25, 0.3) is 0 Å². The lowest BCUT2D eigenvalue weighted by Gasteiger charge is -2.03. The summed E-state index contributed by atoms with van der Waals surface area (Å²) in [6.45, 7) is 3.86. The van der Waals surface area contributed by atoms with Crippen molar-refractivity contribution in [3.05, 3.63) is 18.2 Å². The molecule has 1 aromatic rings. The largest absolute Gasteiger partial charge is 0.673 e. The van der Waals surface area contributed by atoms with Crippen LogP contribution in [0, 0.1) is 6.92 Å². The topological polar surface area (TPSA) is 43.8 Å². The zero-order valence-electron chi connectivity index (χ0n) is 7.79. The van der Waals surface area contributed by atoms with E-state index < -0.39 is 7.25 Å². The van der Waals surface area contributed by atoms with Crippen molar-refractivity contribution in [1.29, 1.82) is 0 Å². The predicted molar refractivity (Wildman–Crippen MR) is 46.0 cm³/mol. The van der Waals surface area contributed by atoms with E-state index in [-0.39, 0.29) is 6.17 Å². The maximum Gasteiger partial charge on any atom is 0.673 e. The Morgan fingerprint density at radius 3 is 2.00 bits per heavy atom. The van der Waals surface area contributed by atoms with E-state index in [0.29, 0.717) is 0 Å². The molecule has 8 heteroatoms. The molecule has 0 bridgehead atoms. The van der Waals surface area contributed by atoms with E-state index in [1.54, 1.807) is 6.33 Å². The van der Waals surface area contributed by atoms with Crippen molar-refractivity contribution in [1.82, 2.24) is 9.55 Å². The number of hydrogen-bond donors (Lipinski definition) is 1. The molecule has 82 valence electrons. The van der Waals surface area contributed by atoms with Gasteiger partial charge in [0.15, 0.2) is 0 Å². The molecule has 1 aromatic heterocycles. The van der Waals surface area contributed by atoms with Gasteiger partial charge in [-0.25, -0.2) is 4.98 Å². The Bertz CT molecular complexity index is 264. The van der Waals surface area contributed by atoms with Gasteiger partial charge in [-0.3, -0.25) is 0 Å².